The summed E-state index contributed by atoms with van der Waals surface area (Å²) in [5.41, 5.74) is -3.34. The number of hydrogen-bond acceptors (Lipinski definition) is 5. The molecule has 0 N–H and O–H groups in total. The first-order chi connectivity index (χ1) is 14.0. The van der Waals surface area contributed by atoms with Crippen molar-refractivity contribution in [2.45, 2.75) is 26.6 Å². The van der Waals surface area contributed by atoms with Crippen LogP contribution in [0.1, 0.15) is 50.6 Å². The van der Waals surface area contributed by atoms with E-state index in [1.54, 1.807) is 0 Å². The number of rotatable bonds is 7. The molecule has 0 unspecified atom stereocenters. The Bertz CT molecular complexity index is 985. The molecule has 2 rings (SSSR count). The van der Waals surface area contributed by atoms with Crippen molar-refractivity contribution in [2.24, 2.45) is 0 Å². The second-order valence-electron chi connectivity index (χ2n) is 5.89. The van der Waals surface area contributed by atoms with Gasteiger partial charge in [0.05, 0.1) is 35.4 Å². The van der Waals surface area contributed by atoms with Gasteiger partial charge in [-0.3, -0.25) is 4.79 Å². The molecule has 0 fully saturated rings. The Kier molecular flexibility index (Phi) is 7.54. The van der Waals surface area contributed by atoms with Crippen molar-refractivity contribution in [3.8, 4) is 0 Å². The first-order valence-electron chi connectivity index (χ1n) is 8.64. The molecule has 0 amide bonds. The fourth-order valence-corrected chi connectivity index (χ4v) is 2.96. The molecule has 0 atom stereocenters. The lowest BCUT2D eigenvalue weighted by molar-refractivity contribution is -0.138. The van der Waals surface area contributed by atoms with Crippen LogP contribution in [0.25, 0.3) is 0 Å². The third-order valence-electron chi connectivity index (χ3n) is 3.88. The zero-order valence-electron chi connectivity index (χ0n) is 15.8. The molecule has 0 aliphatic rings. The summed E-state index contributed by atoms with van der Waals surface area (Å²) in [4.78, 5) is 37.0. The second kappa shape index (κ2) is 9.53. The van der Waals surface area contributed by atoms with Crippen LogP contribution in [0, 0.1) is 0 Å². The van der Waals surface area contributed by atoms with Crippen molar-refractivity contribution in [2.75, 3.05) is 13.2 Å². The summed E-state index contributed by atoms with van der Waals surface area (Å²) >= 11 is 11.7. The van der Waals surface area contributed by atoms with Gasteiger partial charge in [0.2, 0.25) is 0 Å². The summed E-state index contributed by atoms with van der Waals surface area (Å²) in [5.74, 6) is -3.28. The molecule has 11 heteroatoms. The normalized spacial score (nSPS) is 11.3. The van der Waals surface area contributed by atoms with Gasteiger partial charge in [-0.2, -0.15) is 13.2 Å². The lowest BCUT2D eigenvalue weighted by atomic mass is 10.1. The van der Waals surface area contributed by atoms with Gasteiger partial charge in [0.25, 0.3) is 0 Å². The standard InChI is InChI=1S/C19H16Cl2F3NO5/c1-3-29-17(27)11-8-25(9-14(26)10-5-6-12(20)13(21)7-10)16(18(28)30-4-2)15(11)19(22,23)24/h5-8H,3-4,9H2,1-2H3. The van der Waals surface area contributed by atoms with Crippen molar-refractivity contribution in [1.82, 2.24) is 4.57 Å². The molecule has 0 saturated heterocycles. The highest BCUT2D eigenvalue weighted by Crippen LogP contribution is 2.37. The van der Waals surface area contributed by atoms with Crippen LogP contribution < -0.4 is 0 Å². The van der Waals surface area contributed by atoms with Crippen LogP contribution in [0.3, 0.4) is 0 Å². The van der Waals surface area contributed by atoms with E-state index in [1.807, 2.05) is 0 Å². The maximum absolute atomic E-state index is 13.7. The van der Waals surface area contributed by atoms with Crippen LogP contribution in [0.15, 0.2) is 24.4 Å². The number of nitrogens with zero attached hydrogens (tertiary/aromatic N) is 1. The predicted molar refractivity (Wildman–Crippen MR) is 102 cm³/mol. The minimum Gasteiger partial charge on any atom is -0.462 e. The number of carbonyl (C=O) groups excluding carboxylic acids is 3. The molecular weight excluding hydrogens is 450 g/mol. The van der Waals surface area contributed by atoms with Crippen LogP contribution in [0.5, 0.6) is 0 Å². The monoisotopic (exact) mass is 465 g/mol. The minimum atomic E-state index is -5.08. The molecular formula is C19H16Cl2F3NO5. The van der Waals surface area contributed by atoms with Gasteiger partial charge in [-0.1, -0.05) is 23.2 Å². The van der Waals surface area contributed by atoms with Gasteiger partial charge in [0.1, 0.15) is 11.3 Å². The molecule has 1 aromatic heterocycles. The highest BCUT2D eigenvalue weighted by atomic mass is 35.5. The average molecular weight is 466 g/mol. The van der Waals surface area contributed by atoms with Crippen molar-refractivity contribution in [3.63, 3.8) is 0 Å². The van der Waals surface area contributed by atoms with E-state index in [9.17, 15) is 27.6 Å². The van der Waals surface area contributed by atoms with Crippen LogP contribution in [-0.4, -0.2) is 35.5 Å². The molecule has 0 radical (unpaired) electrons. The summed E-state index contributed by atoms with van der Waals surface area (Å²) in [6.07, 6.45) is -4.33. The number of esters is 2. The number of alkyl halides is 3. The van der Waals surface area contributed by atoms with Gasteiger partial charge in [0, 0.05) is 11.8 Å². The Hall–Kier alpha value is -2.52. The zero-order chi connectivity index (χ0) is 22.6. The number of carbonyl (C=O) groups is 3. The number of benzene rings is 1. The van der Waals surface area contributed by atoms with Crippen LogP contribution in [0.4, 0.5) is 13.2 Å². The quantitative estimate of drug-likeness (QED) is 0.422. The Labute approximate surface area is 179 Å². The van der Waals surface area contributed by atoms with E-state index in [0.29, 0.717) is 0 Å². The number of ether oxygens (including phenoxy) is 2. The van der Waals surface area contributed by atoms with Crippen LogP contribution in [-0.2, 0) is 22.2 Å². The second-order valence-corrected chi connectivity index (χ2v) is 6.70. The van der Waals surface area contributed by atoms with E-state index in [0.717, 1.165) is 10.8 Å². The van der Waals surface area contributed by atoms with Crippen molar-refractivity contribution < 1.29 is 37.0 Å². The fourth-order valence-electron chi connectivity index (χ4n) is 2.67. The summed E-state index contributed by atoms with van der Waals surface area (Å²) in [6, 6.07) is 3.93. The van der Waals surface area contributed by atoms with E-state index in [1.165, 1.54) is 32.0 Å². The molecule has 1 heterocycles. The fraction of sp³-hybridized carbons (Fsp3) is 0.316. The maximum Gasteiger partial charge on any atom is 0.419 e. The van der Waals surface area contributed by atoms with Gasteiger partial charge < -0.3 is 14.0 Å². The Balaban J connectivity index is 2.61. The van der Waals surface area contributed by atoms with Crippen molar-refractivity contribution in [3.05, 3.63) is 56.8 Å². The van der Waals surface area contributed by atoms with Crippen molar-refractivity contribution in [1.29, 1.82) is 0 Å². The summed E-state index contributed by atoms with van der Waals surface area (Å²) in [5, 5.41) is 0.259. The van der Waals surface area contributed by atoms with E-state index in [2.05, 4.69) is 4.74 Å². The van der Waals surface area contributed by atoms with E-state index in [-0.39, 0.29) is 28.8 Å². The third kappa shape index (κ3) is 5.14. The molecule has 30 heavy (non-hydrogen) atoms. The van der Waals surface area contributed by atoms with E-state index < -0.39 is 47.3 Å². The first kappa shape index (κ1) is 23.8. The summed E-state index contributed by atoms with van der Waals surface area (Å²) in [6.45, 7) is 1.75. The number of hydrogen-bond donors (Lipinski definition) is 0. The highest BCUT2D eigenvalue weighted by Gasteiger charge is 2.44. The van der Waals surface area contributed by atoms with Gasteiger partial charge in [-0.25, -0.2) is 9.59 Å². The first-order valence-corrected chi connectivity index (χ1v) is 9.39. The topological polar surface area (TPSA) is 74.6 Å². The molecule has 0 spiro atoms. The lowest BCUT2D eigenvalue weighted by Crippen LogP contribution is -2.21. The molecule has 0 bridgehead atoms. The Morgan fingerprint density at radius 1 is 1.00 bits per heavy atom. The van der Waals surface area contributed by atoms with E-state index >= 15 is 0 Å². The number of halogens is 5. The summed E-state index contributed by atoms with van der Waals surface area (Å²) < 4.78 is 51.3. The van der Waals surface area contributed by atoms with Crippen LogP contribution in [0.2, 0.25) is 10.0 Å². The van der Waals surface area contributed by atoms with E-state index in [4.69, 9.17) is 27.9 Å². The van der Waals surface area contributed by atoms with Crippen LogP contribution >= 0.6 is 23.2 Å². The molecule has 6 nitrogen and oxygen atoms in total. The molecule has 2 aromatic rings. The average Bonchev–Trinajstić information content (AvgIpc) is 3.04. The molecule has 0 aliphatic heterocycles. The number of ketones is 1. The van der Waals surface area contributed by atoms with Gasteiger partial charge >= 0.3 is 18.1 Å². The molecule has 162 valence electrons. The lowest BCUT2D eigenvalue weighted by Gasteiger charge is -2.12. The smallest absolute Gasteiger partial charge is 0.419 e. The molecule has 0 aliphatic carbocycles. The predicted octanol–water partition coefficient (Wildman–Crippen LogP) is 5.05. The summed E-state index contributed by atoms with van der Waals surface area (Å²) in [7, 11) is 0. The minimum absolute atomic E-state index is 0.0548. The largest absolute Gasteiger partial charge is 0.462 e. The number of Topliss-reactive ketones (excluding diaryl/α,β-unsaturated/α-hetero) is 1. The van der Waals surface area contributed by atoms with Gasteiger partial charge in [-0.05, 0) is 32.0 Å². The molecule has 0 saturated carbocycles. The third-order valence-corrected chi connectivity index (χ3v) is 4.62. The van der Waals surface area contributed by atoms with Gasteiger partial charge in [-0.15, -0.1) is 0 Å². The zero-order valence-corrected chi connectivity index (χ0v) is 17.3. The highest BCUT2D eigenvalue weighted by molar-refractivity contribution is 6.42. The Morgan fingerprint density at radius 2 is 1.60 bits per heavy atom. The Morgan fingerprint density at radius 3 is 2.13 bits per heavy atom. The number of aromatic nitrogens is 1. The van der Waals surface area contributed by atoms with Crippen molar-refractivity contribution >= 4 is 40.9 Å². The maximum atomic E-state index is 13.7. The van der Waals surface area contributed by atoms with Gasteiger partial charge in [0.15, 0.2) is 5.78 Å². The molecule has 1 aromatic carbocycles. The SMILES string of the molecule is CCOC(=O)c1cn(CC(=O)c2ccc(Cl)c(Cl)c2)c(C(=O)OCC)c1C(F)(F)F.